The summed E-state index contributed by atoms with van der Waals surface area (Å²) in [4.78, 5) is 55.5. The number of aromatic nitrogens is 2. The molecule has 1 aromatic heterocycles. The zero-order valence-electron chi connectivity index (χ0n) is 24.1. The van der Waals surface area contributed by atoms with Gasteiger partial charge in [0.2, 0.25) is 5.60 Å². The lowest BCUT2D eigenvalue weighted by Gasteiger charge is -2.28. The van der Waals surface area contributed by atoms with Gasteiger partial charge in [0.15, 0.2) is 6.10 Å². The van der Waals surface area contributed by atoms with E-state index in [1.54, 1.807) is 78.9 Å². The molecule has 222 valence electrons. The summed E-state index contributed by atoms with van der Waals surface area (Å²) in [5.74, 6) is 0.815. The van der Waals surface area contributed by atoms with Crippen LogP contribution in [0.25, 0.3) is 0 Å². The summed E-state index contributed by atoms with van der Waals surface area (Å²) >= 11 is 0. The Morgan fingerprint density at radius 1 is 0.932 bits per heavy atom. The van der Waals surface area contributed by atoms with Crippen LogP contribution in [0.4, 0.5) is 5.82 Å². The number of hydrogen-bond acceptors (Lipinski definition) is 8. The largest absolute Gasteiger partial charge is 0.458 e. The number of carbonyl (C=O) groups excluding carboxylic acids is 3. The lowest BCUT2D eigenvalue weighted by Crippen LogP contribution is -2.45. The number of hydrogen-bond donors (Lipinski definition) is 1. The molecule has 1 amide bonds. The van der Waals surface area contributed by atoms with Crippen molar-refractivity contribution < 1.29 is 28.6 Å². The van der Waals surface area contributed by atoms with E-state index in [9.17, 15) is 19.2 Å². The van der Waals surface area contributed by atoms with Crippen molar-refractivity contribution in [1.82, 2.24) is 9.55 Å². The highest BCUT2D eigenvalue weighted by molar-refractivity contribution is 6.03. The van der Waals surface area contributed by atoms with Crippen LogP contribution in [0.5, 0.6) is 0 Å². The van der Waals surface area contributed by atoms with E-state index in [4.69, 9.17) is 20.6 Å². The molecule has 3 atom stereocenters. The minimum atomic E-state index is -1.72. The van der Waals surface area contributed by atoms with Gasteiger partial charge in [-0.05, 0) is 56.3 Å². The first-order valence-electron chi connectivity index (χ1n) is 13.8. The molecule has 44 heavy (non-hydrogen) atoms. The Morgan fingerprint density at radius 2 is 1.55 bits per heavy atom. The van der Waals surface area contributed by atoms with E-state index in [-0.39, 0.29) is 12.2 Å². The van der Waals surface area contributed by atoms with Crippen molar-refractivity contribution >= 4 is 23.7 Å². The molecule has 1 fully saturated rings. The molecule has 1 aliphatic heterocycles. The minimum Gasteiger partial charge on any atom is -0.458 e. The van der Waals surface area contributed by atoms with Crippen molar-refractivity contribution in [2.45, 2.75) is 38.2 Å². The van der Waals surface area contributed by atoms with Gasteiger partial charge in [0.1, 0.15) is 18.7 Å². The zero-order valence-corrected chi connectivity index (χ0v) is 24.1. The van der Waals surface area contributed by atoms with E-state index >= 15 is 0 Å². The zero-order chi connectivity index (χ0) is 31.3. The number of esters is 2. The molecule has 0 bridgehead atoms. The highest BCUT2D eigenvalue weighted by Gasteiger charge is 2.52. The Morgan fingerprint density at radius 3 is 2.14 bits per heavy atom. The number of amides is 1. The second-order valence-corrected chi connectivity index (χ2v) is 10.4. The quantitative estimate of drug-likeness (QED) is 0.235. The monoisotopic (exact) mass is 591 g/mol. The van der Waals surface area contributed by atoms with E-state index in [1.165, 1.54) is 16.8 Å². The Balaban J connectivity index is 1.38. The maximum absolute atomic E-state index is 13.1. The molecule has 0 saturated carbocycles. The molecule has 10 nitrogen and oxygen atoms in total. The predicted octanol–water partition coefficient (Wildman–Crippen LogP) is 4.49. The Labute approximate surface area is 253 Å². The minimum absolute atomic E-state index is 0.0377. The molecule has 0 unspecified atom stereocenters. The molecule has 3 aromatic carbocycles. The van der Waals surface area contributed by atoms with Crippen LogP contribution in [0, 0.1) is 26.2 Å². The maximum atomic E-state index is 13.1. The molecule has 0 aliphatic carbocycles. The Hall–Kier alpha value is -5.53. The second-order valence-electron chi connectivity index (χ2n) is 10.4. The number of benzene rings is 3. The number of aryl methyl sites for hydroxylation is 2. The summed E-state index contributed by atoms with van der Waals surface area (Å²) in [6, 6.07) is 23.5. The average molecular weight is 592 g/mol. The second kappa shape index (κ2) is 12.8. The highest BCUT2D eigenvalue weighted by Crippen LogP contribution is 2.39. The van der Waals surface area contributed by atoms with E-state index in [1.807, 2.05) is 13.8 Å². The van der Waals surface area contributed by atoms with Gasteiger partial charge in [-0.1, -0.05) is 59.5 Å². The molecular weight excluding hydrogens is 562 g/mol. The third kappa shape index (κ3) is 6.59. The van der Waals surface area contributed by atoms with Gasteiger partial charge < -0.3 is 19.5 Å². The predicted molar refractivity (Wildman–Crippen MR) is 161 cm³/mol. The number of ether oxygens (including phenoxy) is 3. The van der Waals surface area contributed by atoms with Crippen LogP contribution in [0.2, 0.25) is 0 Å². The van der Waals surface area contributed by atoms with Crippen LogP contribution in [0.1, 0.15) is 54.8 Å². The van der Waals surface area contributed by atoms with E-state index in [0.29, 0.717) is 16.7 Å². The van der Waals surface area contributed by atoms with Gasteiger partial charge in [-0.15, -0.1) is 6.42 Å². The maximum Gasteiger partial charge on any atom is 0.351 e. The van der Waals surface area contributed by atoms with Crippen LogP contribution in [-0.4, -0.2) is 45.7 Å². The summed E-state index contributed by atoms with van der Waals surface area (Å²) in [6.07, 6.45) is 5.17. The van der Waals surface area contributed by atoms with Gasteiger partial charge in [0, 0.05) is 18.2 Å². The Bertz CT molecular complexity index is 1780. The number of carbonyl (C=O) groups is 3. The van der Waals surface area contributed by atoms with Crippen LogP contribution < -0.4 is 11.0 Å². The SMILES string of the molecule is C#C[C@@]1(COC(=O)c2ccc(C)cc2)O[C@H](n2ccc(NC(=O)c3ccccc3)nc2=O)C[C@H]1OC(=O)c1ccc(C)cc1. The van der Waals surface area contributed by atoms with Gasteiger partial charge >= 0.3 is 17.6 Å². The first-order chi connectivity index (χ1) is 21.2. The lowest BCUT2D eigenvalue weighted by molar-refractivity contribution is -0.0984. The van der Waals surface area contributed by atoms with Crippen LogP contribution in [0.15, 0.2) is 95.9 Å². The average Bonchev–Trinajstić information content (AvgIpc) is 3.38. The standard InChI is InChI=1S/C34H29N3O7/c1-4-34(21-42-31(39)25-14-10-22(2)11-15-25)27(43-32(40)26-16-12-23(3)13-17-26)20-29(44-34)37-19-18-28(36-33(37)41)35-30(38)24-8-6-5-7-9-24/h1,5-19,27,29H,20-21H2,2-3H3,(H,35,36,38,41)/t27-,29+,34+/m1/s1. The van der Waals surface area contributed by atoms with Crippen LogP contribution in [0.3, 0.4) is 0 Å². The van der Waals surface area contributed by atoms with E-state index in [0.717, 1.165) is 11.1 Å². The van der Waals surface area contributed by atoms with Crippen molar-refractivity contribution in [3.63, 3.8) is 0 Å². The smallest absolute Gasteiger partial charge is 0.351 e. The van der Waals surface area contributed by atoms with Crippen LogP contribution in [-0.2, 0) is 14.2 Å². The number of anilines is 1. The number of nitrogens with one attached hydrogen (secondary N) is 1. The first kappa shape index (κ1) is 29.9. The molecule has 1 aliphatic rings. The fraction of sp³-hybridized carbons (Fsp3) is 0.206. The van der Waals surface area contributed by atoms with Crippen molar-refractivity contribution in [1.29, 1.82) is 0 Å². The third-order valence-electron chi connectivity index (χ3n) is 7.19. The molecule has 10 heteroatoms. The molecule has 5 rings (SSSR count). The number of terminal acetylenes is 1. The topological polar surface area (TPSA) is 126 Å². The molecule has 1 saturated heterocycles. The van der Waals surface area contributed by atoms with Crippen molar-refractivity contribution in [2.24, 2.45) is 0 Å². The summed E-state index contributed by atoms with van der Waals surface area (Å²) in [7, 11) is 0. The molecular formula is C34H29N3O7. The molecule has 0 spiro atoms. The molecule has 0 radical (unpaired) electrons. The number of nitrogens with zero attached hydrogens (tertiary/aromatic N) is 2. The Kier molecular flexibility index (Phi) is 8.69. The van der Waals surface area contributed by atoms with Crippen molar-refractivity contribution in [3.8, 4) is 12.3 Å². The van der Waals surface area contributed by atoms with Gasteiger partial charge in [-0.25, -0.2) is 14.4 Å². The summed E-state index contributed by atoms with van der Waals surface area (Å²) in [5.41, 5.74) is 0.464. The lowest BCUT2D eigenvalue weighted by atomic mass is 9.98. The van der Waals surface area contributed by atoms with Gasteiger partial charge in [0.25, 0.3) is 5.91 Å². The van der Waals surface area contributed by atoms with Gasteiger partial charge in [-0.2, -0.15) is 4.98 Å². The summed E-state index contributed by atoms with van der Waals surface area (Å²) in [5, 5.41) is 2.59. The fourth-order valence-corrected chi connectivity index (χ4v) is 4.66. The first-order valence-corrected chi connectivity index (χ1v) is 13.8. The van der Waals surface area contributed by atoms with Crippen molar-refractivity contribution in [2.75, 3.05) is 11.9 Å². The normalized spacial score (nSPS) is 19.0. The molecule has 4 aromatic rings. The van der Waals surface area contributed by atoms with Crippen LogP contribution >= 0.6 is 0 Å². The summed E-state index contributed by atoms with van der Waals surface area (Å²) in [6.45, 7) is 3.33. The molecule has 1 N–H and O–H groups in total. The summed E-state index contributed by atoms with van der Waals surface area (Å²) < 4.78 is 18.7. The van der Waals surface area contributed by atoms with E-state index in [2.05, 4.69) is 16.2 Å². The van der Waals surface area contributed by atoms with Gasteiger partial charge in [-0.3, -0.25) is 9.36 Å². The third-order valence-corrected chi connectivity index (χ3v) is 7.19. The van der Waals surface area contributed by atoms with Gasteiger partial charge in [0.05, 0.1) is 11.1 Å². The van der Waals surface area contributed by atoms with Crippen molar-refractivity contribution in [3.05, 3.63) is 129 Å². The fourth-order valence-electron chi connectivity index (χ4n) is 4.66. The molecule has 2 heterocycles. The van der Waals surface area contributed by atoms with E-state index < -0.39 is 48.1 Å². The highest BCUT2D eigenvalue weighted by atomic mass is 16.6. The number of rotatable bonds is 8.